The highest BCUT2D eigenvalue weighted by Gasteiger charge is 1.99. The molecule has 0 N–H and O–H groups in total. The van der Waals surface area contributed by atoms with Crippen LogP contribution in [0.4, 0.5) is 0 Å². The molecule has 0 fully saturated rings. The first-order chi connectivity index (χ1) is 4.27. The fourth-order valence-corrected chi connectivity index (χ4v) is 1.26. The number of hydrogen-bond acceptors (Lipinski definition) is 1. The summed E-state index contributed by atoms with van der Waals surface area (Å²) in [5, 5.41) is 0. The van der Waals surface area contributed by atoms with E-state index in [2.05, 4.69) is 32.4 Å². The molecule has 0 aromatic heterocycles. The van der Waals surface area contributed by atoms with Gasteiger partial charge in [-0.2, -0.15) is 22.4 Å². The zero-order chi connectivity index (χ0) is 7.11. The van der Waals surface area contributed by atoms with Crippen LogP contribution in [-0.4, -0.2) is 17.8 Å². The van der Waals surface area contributed by atoms with E-state index in [9.17, 15) is 0 Å². The summed E-state index contributed by atoms with van der Waals surface area (Å²) in [6.07, 6.45) is 4.38. The van der Waals surface area contributed by atoms with Crippen molar-refractivity contribution in [2.45, 2.75) is 19.6 Å². The number of hydrogen-bond donors (Lipinski definition) is 0. The van der Waals surface area contributed by atoms with Crippen LogP contribution in [0.1, 0.15) is 6.42 Å². The van der Waals surface area contributed by atoms with E-state index in [1.807, 2.05) is 29.1 Å². The molecule has 50 valence electrons. The van der Waals surface area contributed by atoms with Crippen molar-refractivity contribution in [3.05, 3.63) is 0 Å². The van der Waals surface area contributed by atoms with Crippen LogP contribution >= 0.6 is 45.2 Å². The van der Waals surface area contributed by atoms with Gasteiger partial charge in [0.1, 0.15) is 7.17 Å². The van der Waals surface area contributed by atoms with Gasteiger partial charge < -0.3 is 0 Å². The van der Waals surface area contributed by atoms with Gasteiger partial charge in [0.15, 0.2) is 4.46 Å². The normalized spacial score (nSPS) is 10.1. The molecule has 0 aromatic rings. The molecule has 0 heterocycles. The second-order valence-corrected chi connectivity index (χ2v) is 4.68. The minimum Gasteiger partial charge on any atom is -0.228 e. The predicted molar refractivity (Wildman–Crippen MR) is 64.7 cm³/mol. The van der Waals surface area contributed by atoms with Crippen molar-refractivity contribution < 1.29 is 0 Å². The maximum Gasteiger partial charge on any atom is 0.178 e. The van der Waals surface area contributed by atoms with E-state index in [0.717, 1.165) is 10.9 Å². The SMILES string of the molecule is CB(I)BCCC=NI. The van der Waals surface area contributed by atoms with E-state index in [1.165, 1.54) is 13.5 Å². The van der Waals surface area contributed by atoms with E-state index >= 15 is 0 Å². The van der Waals surface area contributed by atoms with Crippen molar-refractivity contribution in [3.8, 4) is 0 Å². The van der Waals surface area contributed by atoms with Crippen molar-refractivity contribution in [2.75, 3.05) is 0 Å². The summed E-state index contributed by atoms with van der Waals surface area (Å²) >= 11 is 4.46. The maximum atomic E-state index is 3.88. The summed E-state index contributed by atoms with van der Waals surface area (Å²) in [6.45, 7) is 2.24. The minimum absolute atomic E-state index is 0.810. The molecule has 9 heavy (non-hydrogen) atoms. The first kappa shape index (κ1) is 10.3. The van der Waals surface area contributed by atoms with Crippen LogP contribution in [0.5, 0.6) is 0 Å². The van der Waals surface area contributed by atoms with Crippen LogP contribution in [0.25, 0.3) is 0 Å². The fourth-order valence-electron chi connectivity index (χ4n) is 0.539. The Labute approximate surface area is 85.1 Å². The van der Waals surface area contributed by atoms with Crippen molar-refractivity contribution in [2.24, 2.45) is 3.21 Å². The Morgan fingerprint density at radius 3 is 2.89 bits per heavy atom. The molecular weight excluding hydrogens is 337 g/mol. The molecule has 0 aliphatic rings. The molecule has 0 saturated heterocycles. The van der Waals surface area contributed by atoms with Crippen LogP contribution in [0, 0.1) is 0 Å². The molecule has 1 nitrogen and oxygen atoms in total. The average molecular weight is 347 g/mol. The lowest BCUT2D eigenvalue weighted by atomic mass is 9.39. The highest BCUT2D eigenvalue weighted by atomic mass is 127. The molecule has 0 rings (SSSR count). The van der Waals surface area contributed by atoms with Gasteiger partial charge in [-0.25, -0.2) is 3.21 Å². The Kier molecular flexibility index (Phi) is 8.40. The van der Waals surface area contributed by atoms with Crippen LogP contribution in [0.3, 0.4) is 0 Å². The van der Waals surface area contributed by atoms with Gasteiger partial charge in [-0.3, -0.25) is 0 Å². The zero-order valence-corrected chi connectivity index (χ0v) is 9.79. The predicted octanol–water partition coefficient (Wildman–Crippen LogP) is 2.21. The zero-order valence-electron chi connectivity index (χ0n) is 5.48. The van der Waals surface area contributed by atoms with E-state index < -0.39 is 0 Å². The van der Waals surface area contributed by atoms with Gasteiger partial charge in [0, 0.05) is 6.21 Å². The Morgan fingerprint density at radius 2 is 2.44 bits per heavy atom. The molecule has 0 aromatic carbocycles. The molecule has 0 radical (unpaired) electrons. The van der Waals surface area contributed by atoms with E-state index in [0.29, 0.717) is 0 Å². The fraction of sp³-hybridized carbons (Fsp3) is 0.750. The van der Waals surface area contributed by atoms with Crippen molar-refractivity contribution >= 4 is 63.1 Å². The largest absolute Gasteiger partial charge is 0.228 e. The molecule has 0 atom stereocenters. The Balaban J connectivity index is 2.91. The minimum atomic E-state index is 0.810. The van der Waals surface area contributed by atoms with Crippen molar-refractivity contribution in [1.82, 2.24) is 0 Å². The quantitative estimate of drug-likeness (QED) is 0.320. The van der Waals surface area contributed by atoms with E-state index in [4.69, 9.17) is 0 Å². The topological polar surface area (TPSA) is 12.4 Å². The Morgan fingerprint density at radius 1 is 1.78 bits per heavy atom. The smallest absolute Gasteiger partial charge is 0.178 e. The van der Waals surface area contributed by atoms with Gasteiger partial charge in [0.25, 0.3) is 0 Å². The third-order valence-corrected chi connectivity index (χ3v) is 2.02. The van der Waals surface area contributed by atoms with Crippen LogP contribution in [0.15, 0.2) is 3.21 Å². The van der Waals surface area contributed by atoms with Gasteiger partial charge >= 0.3 is 0 Å². The summed E-state index contributed by atoms with van der Waals surface area (Å²) in [4.78, 5) is 0. The van der Waals surface area contributed by atoms with Crippen LogP contribution < -0.4 is 0 Å². The summed E-state index contributed by atoms with van der Waals surface area (Å²) < 4.78 is 4.69. The lowest BCUT2D eigenvalue weighted by Crippen LogP contribution is -2.07. The highest BCUT2D eigenvalue weighted by Crippen LogP contribution is 1.96. The monoisotopic (exact) mass is 347 g/mol. The molecule has 0 amide bonds. The second kappa shape index (κ2) is 7.37. The Bertz CT molecular complexity index is 86.6. The maximum absolute atomic E-state index is 3.88. The van der Waals surface area contributed by atoms with Crippen LogP contribution in [0.2, 0.25) is 13.1 Å². The molecule has 5 heteroatoms. The van der Waals surface area contributed by atoms with E-state index in [1.54, 1.807) is 0 Å². The second-order valence-electron chi connectivity index (χ2n) is 1.99. The van der Waals surface area contributed by atoms with Gasteiger partial charge in [-0.15, -0.1) is 0 Å². The third kappa shape index (κ3) is 9.26. The average Bonchev–Trinajstić information content (AvgIpc) is 1.80. The number of rotatable bonds is 4. The lowest BCUT2D eigenvalue weighted by molar-refractivity contribution is 1.31. The molecule has 0 aliphatic heterocycles. The molecule has 0 saturated carbocycles. The summed E-state index contributed by atoms with van der Waals surface area (Å²) in [7, 11) is 1.31. The standard InChI is InChI=1S/C4H9B2I2N/c1-6(7)5-3-2-4-9-8/h4-5H,2-3H2,1H3. The molecular formula is C4H9B2I2N. The van der Waals surface area contributed by atoms with Gasteiger partial charge in [0.05, 0.1) is 22.9 Å². The number of nitrogens with zero attached hydrogens (tertiary/aromatic N) is 1. The summed E-state index contributed by atoms with van der Waals surface area (Å²) in [5.41, 5.74) is 0. The summed E-state index contributed by atoms with van der Waals surface area (Å²) in [5.74, 6) is 0. The number of halogens is 2. The highest BCUT2D eigenvalue weighted by molar-refractivity contribution is 14.1. The van der Waals surface area contributed by atoms with Gasteiger partial charge in [0.2, 0.25) is 0 Å². The Hall–Kier alpha value is 1.26. The third-order valence-electron chi connectivity index (χ3n) is 1.00. The molecule has 0 aliphatic carbocycles. The first-order valence-corrected chi connectivity index (χ1v) is 5.25. The van der Waals surface area contributed by atoms with Crippen LogP contribution in [-0.2, 0) is 0 Å². The molecule has 0 unspecified atom stereocenters. The molecule has 0 bridgehead atoms. The van der Waals surface area contributed by atoms with Gasteiger partial charge in [-0.05, 0) is 6.42 Å². The van der Waals surface area contributed by atoms with Crippen molar-refractivity contribution in [3.63, 3.8) is 0 Å². The lowest BCUT2D eigenvalue weighted by Gasteiger charge is -1.91. The van der Waals surface area contributed by atoms with Crippen molar-refractivity contribution in [1.29, 1.82) is 0 Å². The molecule has 0 spiro atoms. The summed E-state index contributed by atoms with van der Waals surface area (Å²) in [6, 6.07) is 0. The van der Waals surface area contributed by atoms with E-state index in [-0.39, 0.29) is 0 Å². The van der Waals surface area contributed by atoms with Gasteiger partial charge in [-0.1, -0.05) is 13.1 Å². The first-order valence-electron chi connectivity index (χ1n) is 3.04.